The van der Waals surface area contributed by atoms with Crippen LogP contribution in [0.15, 0.2) is 5.16 Å². The summed E-state index contributed by atoms with van der Waals surface area (Å²) in [4.78, 5) is 26.2. The van der Waals surface area contributed by atoms with Crippen molar-refractivity contribution in [3.63, 3.8) is 0 Å². The van der Waals surface area contributed by atoms with E-state index in [1.807, 2.05) is 0 Å². The molecule has 0 spiro atoms. The molecule has 0 bridgehead atoms. The summed E-state index contributed by atoms with van der Waals surface area (Å²) in [7, 11) is 1.20. The Bertz CT molecular complexity index is 305. The van der Waals surface area contributed by atoms with Crippen molar-refractivity contribution in [2.24, 2.45) is 5.16 Å². The van der Waals surface area contributed by atoms with Crippen molar-refractivity contribution < 1.29 is 19.2 Å². The number of oxime groups is 1. The highest BCUT2D eigenvalue weighted by molar-refractivity contribution is 6.45. The lowest BCUT2D eigenvalue weighted by molar-refractivity contribution is -0.142. The molecule has 0 saturated heterocycles. The van der Waals surface area contributed by atoms with E-state index in [0.29, 0.717) is 0 Å². The van der Waals surface area contributed by atoms with E-state index >= 15 is 0 Å². The minimum atomic E-state index is -0.785. The van der Waals surface area contributed by atoms with E-state index in [1.165, 1.54) is 13.2 Å². The van der Waals surface area contributed by atoms with Gasteiger partial charge in [0.2, 0.25) is 5.71 Å². The van der Waals surface area contributed by atoms with Gasteiger partial charge in [0.05, 0.1) is 6.61 Å². The smallest absolute Gasteiger partial charge is 0.325 e. The Hall–Kier alpha value is -2.10. The molecule has 0 aliphatic carbocycles. The van der Waals surface area contributed by atoms with E-state index in [1.54, 1.807) is 6.92 Å². The standard InChI is InChI=1S/C8H11N3O4/c1-3-15-7(12)5-10-8(13)6(4-9)11-14-2/h3,5H2,1-2H3,(H,10,13)/b11-6+. The van der Waals surface area contributed by atoms with Crippen molar-refractivity contribution in [1.29, 1.82) is 5.26 Å². The predicted molar refractivity (Wildman–Crippen MR) is 49.7 cm³/mol. The maximum absolute atomic E-state index is 11.1. The van der Waals surface area contributed by atoms with Crippen LogP contribution in [0.1, 0.15) is 6.92 Å². The summed E-state index contributed by atoms with van der Waals surface area (Å²) in [6.45, 7) is 1.57. The van der Waals surface area contributed by atoms with Gasteiger partial charge in [-0.15, -0.1) is 0 Å². The number of rotatable bonds is 5. The minimum absolute atomic E-state index is 0.228. The lowest BCUT2D eigenvalue weighted by atomic mass is 10.4. The summed E-state index contributed by atoms with van der Waals surface area (Å²) in [5.41, 5.74) is -0.457. The molecular formula is C8H11N3O4. The second-order valence-corrected chi connectivity index (χ2v) is 2.22. The van der Waals surface area contributed by atoms with Gasteiger partial charge in [-0.2, -0.15) is 5.26 Å². The van der Waals surface area contributed by atoms with Gasteiger partial charge in [0, 0.05) is 0 Å². The molecule has 0 atom stereocenters. The van der Waals surface area contributed by atoms with Crippen LogP contribution in [0.5, 0.6) is 0 Å². The SMILES string of the molecule is CCOC(=O)CNC(=O)/C(C#N)=N/OC. The minimum Gasteiger partial charge on any atom is -0.465 e. The number of nitrogens with one attached hydrogen (secondary N) is 1. The number of hydrogen-bond donors (Lipinski definition) is 1. The average Bonchev–Trinajstić information content (AvgIpc) is 2.23. The summed E-state index contributed by atoms with van der Waals surface area (Å²) in [5.74, 6) is -1.37. The molecular weight excluding hydrogens is 202 g/mol. The topological polar surface area (TPSA) is 101 Å². The third-order valence-electron chi connectivity index (χ3n) is 1.20. The number of esters is 1. The van der Waals surface area contributed by atoms with Crippen LogP contribution in [-0.2, 0) is 19.2 Å². The molecule has 15 heavy (non-hydrogen) atoms. The number of carbonyl (C=O) groups is 2. The monoisotopic (exact) mass is 213 g/mol. The Morgan fingerprint density at radius 2 is 2.20 bits per heavy atom. The number of amides is 1. The molecule has 1 N–H and O–H groups in total. The first-order valence-electron chi connectivity index (χ1n) is 4.10. The summed E-state index contributed by atoms with van der Waals surface area (Å²) < 4.78 is 4.56. The molecule has 0 rings (SSSR count). The van der Waals surface area contributed by atoms with E-state index < -0.39 is 17.6 Å². The highest BCUT2D eigenvalue weighted by Crippen LogP contribution is 1.81. The zero-order valence-corrected chi connectivity index (χ0v) is 8.44. The van der Waals surface area contributed by atoms with Crippen LogP contribution in [0.3, 0.4) is 0 Å². The molecule has 0 aromatic heterocycles. The number of nitriles is 1. The van der Waals surface area contributed by atoms with Gasteiger partial charge in [0.15, 0.2) is 0 Å². The molecule has 0 radical (unpaired) electrons. The molecule has 7 nitrogen and oxygen atoms in total. The molecule has 0 aliphatic heterocycles. The molecule has 1 amide bonds. The Balaban J connectivity index is 4.09. The van der Waals surface area contributed by atoms with Crippen molar-refractivity contribution in [3.8, 4) is 6.07 Å². The highest BCUT2D eigenvalue weighted by atomic mass is 16.6. The van der Waals surface area contributed by atoms with Crippen LogP contribution in [0.4, 0.5) is 0 Å². The molecule has 0 aromatic rings. The van der Waals surface area contributed by atoms with Crippen molar-refractivity contribution in [2.45, 2.75) is 6.92 Å². The number of carbonyl (C=O) groups excluding carboxylic acids is 2. The maximum atomic E-state index is 11.1. The molecule has 0 heterocycles. The second-order valence-electron chi connectivity index (χ2n) is 2.22. The van der Waals surface area contributed by atoms with E-state index in [9.17, 15) is 9.59 Å². The van der Waals surface area contributed by atoms with Gasteiger partial charge >= 0.3 is 5.97 Å². The largest absolute Gasteiger partial charge is 0.465 e. The molecule has 0 aliphatic rings. The van der Waals surface area contributed by atoms with Crippen LogP contribution in [0, 0.1) is 11.3 Å². The van der Waals surface area contributed by atoms with Crippen LogP contribution >= 0.6 is 0 Å². The zero-order valence-electron chi connectivity index (χ0n) is 8.44. The van der Waals surface area contributed by atoms with Crippen LogP contribution in [0.2, 0.25) is 0 Å². The first kappa shape index (κ1) is 12.9. The third kappa shape index (κ3) is 5.25. The van der Waals surface area contributed by atoms with Gasteiger partial charge in [0.1, 0.15) is 19.7 Å². The summed E-state index contributed by atoms with van der Waals surface area (Å²) >= 11 is 0. The Morgan fingerprint density at radius 1 is 1.53 bits per heavy atom. The maximum Gasteiger partial charge on any atom is 0.325 e. The Kier molecular flexibility index (Phi) is 6.29. The van der Waals surface area contributed by atoms with Crippen LogP contribution < -0.4 is 5.32 Å². The zero-order chi connectivity index (χ0) is 11.7. The van der Waals surface area contributed by atoms with Crippen molar-refractivity contribution in [1.82, 2.24) is 5.32 Å². The predicted octanol–water partition coefficient (Wildman–Crippen LogP) is -0.808. The first-order valence-corrected chi connectivity index (χ1v) is 4.10. The van der Waals surface area contributed by atoms with Gasteiger partial charge in [-0.25, -0.2) is 0 Å². The van der Waals surface area contributed by atoms with Gasteiger partial charge in [-0.1, -0.05) is 5.16 Å². The van der Waals surface area contributed by atoms with Crippen molar-refractivity contribution in [3.05, 3.63) is 0 Å². The van der Waals surface area contributed by atoms with Crippen LogP contribution in [0.25, 0.3) is 0 Å². The Labute approximate surface area is 86.6 Å². The normalized spacial score (nSPS) is 10.1. The lowest BCUT2D eigenvalue weighted by Crippen LogP contribution is -2.35. The van der Waals surface area contributed by atoms with E-state index in [4.69, 9.17) is 5.26 Å². The molecule has 0 unspecified atom stereocenters. The summed E-state index contributed by atoms with van der Waals surface area (Å²) in [5, 5.41) is 13.8. The third-order valence-corrected chi connectivity index (χ3v) is 1.20. The molecule has 7 heteroatoms. The van der Waals surface area contributed by atoms with E-state index in [2.05, 4.69) is 20.0 Å². The lowest BCUT2D eigenvalue weighted by Gasteiger charge is -2.02. The fourth-order valence-electron chi connectivity index (χ4n) is 0.652. The quantitative estimate of drug-likeness (QED) is 0.365. The van der Waals surface area contributed by atoms with E-state index in [0.717, 1.165) is 0 Å². The summed E-state index contributed by atoms with van der Waals surface area (Å²) in [6, 6.07) is 1.52. The van der Waals surface area contributed by atoms with Gasteiger partial charge in [-0.3, -0.25) is 9.59 Å². The summed E-state index contributed by atoms with van der Waals surface area (Å²) in [6.07, 6.45) is 0. The molecule has 0 aromatic carbocycles. The molecule has 0 fully saturated rings. The van der Waals surface area contributed by atoms with E-state index in [-0.39, 0.29) is 13.2 Å². The number of hydrogen-bond acceptors (Lipinski definition) is 6. The van der Waals surface area contributed by atoms with Crippen molar-refractivity contribution in [2.75, 3.05) is 20.3 Å². The highest BCUT2D eigenvalue weighted by Gasteiger charge is 2.12. The first-order chi connectivity index (χ1) is 7.15. The molecule has 82 valence electrons. The second kappa shape index (κ2) is 7.32. The fraction of sp³-hybridized carbons (Fsp3) is 0.500. The van der Waals surface area contributed by atoms with Gasteiger partial charge in [0.25, 0.3) is 5.91 Å². The van der Waals surface area contributed by atoms with Crippen LogP contribution in [-0.4, -0.2) is 37.8 Å². The Morgan fingerprint density at radius 3 is 2.67 bits per heavy atom. The van der Waals surface area contributed by atoms with Gasteiger partial charge < -0.3 is 14.9 Å². The fourth-order valence-corrected chi connectivity index (χ4v) is 0.652. The molecule has 0 saturated carbocycles. The van der Waals surface area contributed by atoms with Crippen molar-refractivity contribution >= 4 is 17.6 Å². The number of nitrogens with zero attached hydrogens (tertiary/aromatic N) is 2. The average molecular weight is 213 g/mol. The number of ether oxygens (including phenoxy) is 1. The van der Waals surface area contributed by atoms with Gasteiger partial charge in [-0.05, 0) is 6.92 Å².